The normalized spacial score (nSPS) is 13.9. The maximum absolute atomic E-state index is 13.0. The molecule has 0 aliphatic heterocycles. The van der Waals surface area contributed by atoms with Crippen LogP contribution in [-0.4, -0.2) is 29.4 Å². The summed E-state index contributed by atoms with van der Waals surface area (Å²) in [6.07, 6.45) is 2.03. The lowest BCUT2D eigenvalue weighted by molar-refractivity contribution is -0.0636. The monoisotopic (exact) mass is 414 g/mol. The van der Waals surface area contributed by atoms with Crippen molar-refractivity contribution in [2.75, 3.05) is 12.9 Å². The number of aliphatic hydroxyl groups excluding tert-OH is 1. The van der Waals surface area contributed by atoms with Gasteiger partial charge in [0.2, 0.25) is 0 Å². The number of carbonyl (C=O) groups is 1. The van der Waals surface area contributed by atoms with Crippen molar-refractivity contribution in [3.05, 3.63) is 64.2 Å². The van der Waals surface area contributed by atoms with Crippen molar-refractivity contribution in [3.8, 4) is 0 Å². The van der Waals surface area contributed by atoms with Crippen molar-refractivity contribution < 1.29 is 14.6 Å². The third kappa shape index (κ3) is 5.94. The Kier molecular flexibility index (Phi) is 8.10. The molecule has 2 aromatic carbocycles. The molecule has 0 bridgehead atoms. The Hall–Kier alpha value is -1.62. The van der Waals surface area contributed by atoms with Gasteiger partial charge in [0, 0.05) is 16.4 Å². The molecular formula is C25H34O3S. The van der Waals surface area contributed by atoms with Gasteiger partial charge in [-0.15, -0.1) is 11.8 Å². The molecular weight excluding hydrogens is 380 g/mol. The molecule has 0 radical (unpaired) electrons. The lowest BCUT2D eigenvalue weighted by Gasteiger charge is -2.25. The largest absolute Gasteiger partial charge is 0.393 e. The van der Waals surface area contributed by atoms with Gasteiger partial charge in [-0.25, -0.2) is 0 Å². The van der Waals surface area contributed by atoms with Crippen LogP contribution in [0.15, 0.2) is 41.3 Å². The Balaban J connectivity index is 2.19. The molecule has 0 aliphatic rings. The minimum Gasteiger partial charge on any atom is -0.393 e. The SMILES string of the molecule is CSc1ccc(C(=O)[C@@H](C)[C@H](C)c2cc(C)c(COC(C)(C)CO)c(C)c2)cc1. The molecule has 2 aromatic rings. The van der Waals surface area contributed by atoms with Gasteiger partial charge in [-0.05, 0) is 74.3 Å². The maximum Gasteiger partial charge on any atom is 0.166 e. The van der Waals surface area contributed by atoms with E-state index in [0.717, 1.165) is 27.1 Å². The van der Waals surface area contributed by atoms with E-state index in [1.165, 1.54) is 5.56 Å². The summed E-state index contributed by atoms with van der Waals surface area (Å²) in [5, 5.41) is 9.41. The van der Waals surface area contributed by atoms with Crippen LogP contribution in [0.25, 0.3) is 0 Å². The van der Waals surface area contributed by atoms with E-state index in [-0.39, 0.29) is 24.2 Å². The van der Waals surface area contributed by atoms with Gasteiger partial charge in [-0.2, -0.15) is 0 Å². The molecule has 0 fully saturated rings. The third-order valence-electron chi connectivity index (χ3n) is 5.77. The zero-order chi connectivity index (χ0) is 21.8. The van der Waals surface area contributed by atoms with E-state index in [4.69, 9.17) is 4.74 Å². The summed E-state index contributed by atoms with van der Waals surface area (Å²) in [5.41, 5.74) is 4.85. The molecule has 0 saturated carbocycles. The summed E-state index contributed by atoms with van der Waals surface area (Å²) >= 11 is 1.68. The number of carbonyl (C=O) groups excluding carboxylic acids is 1. The highest BCUT2D eigenvalue weighted by Gasteiger charge is 2.24. The van der Waals surface area contributed by atoms with Gasteiger partial charge in [0.25, 0.3) is 0 Å². The third-order valence-corrected chi connectivity index (χ3v) is 6.51. The van der Waals surface area contributed by atoms with Crippen LogP contribution in [0.2, 0.25) is 0 Å². The molecule has 0 unspecified atom stereocenters. The highest BCUT2D eigenvalue weighted by atomic mass is 32.2. The van der Waals surface area contributed by atoms with E-state index < -0.39 is 5.60 Å². The Morgan fingerprint density at radius 3 is 2.14 bits per heavy atom. The standard InChI is InChI=1S/C25H34O3S/c1-16-12-21(13-17(2)23(16)14-28-25(5,6)15-26)18(3)19(4)24(27)20-8-10-22(29-7)11-9-20/h8-13,18-19,26H,14-15H2,1-7H3/t18-,19-/m0/s1. The molecule has 2 atom stereocenters. The van der Waals surface area contributed by atoms with Crippen molar-refractivity contribution in [2.24, 2.45) is 5.92 Å². The number of thioether (sulfide) groups is 1. The molecule has 2 rings (SSSR count). The summed E-state index contributed by atoms with van der Waals surface area (Å²) in [5.74, 6) is 0.186. The minimum absolute atomic E-state index is 0.0161. The fourth-order valence-electron chi connectivity index (χ4n) is 3.36. The number of hydrogen-bond acceptors (Lipinski definition) is 4. The van der Waals surface area contributed by atoms with Crippen molar-refractivity contribution in [1.82, 2.24) is 0 Å². The summed E-state index contributed by atoms with van der Waals surface area (Å²) in [7, 11) is 0. The van der Waals surface area contributed by atoms with Crippen LogP contribution in [0.4, 0.5) is 0 Å². The van der Waals surface area contributed by atoms with Crippen molar-refractivity contribution >= 4 is 17.5 Å². The van der Waals surface area contributed by atoms with Crippen molar-refractivity contribution in [2.45, 2.75) is 64.6 Å². The molecule has 1 N–H and O–H groups in total. The van der Waals surface area contributed by atoms with Crippen LogP contribution < -0.4 is 0 Å². The fourth-order valence-corrected chi connectivity index (χ4v) is 3.77. The number of benzene rings is 2. The second kappa shape index (κ2) is 9.92. The number of hydrogen-bond donors (Lipinski definition) is 1. The van der Waals surface area contributed by atoms with Crippen LogP contribution in [0, 0.1) is 19.8 Å². The number of ketones is 1. The lowest BCUT2D eigenvalue weighted by atomic mass is 9.82. The van der Waals surface area contributed by atoms with Crippen LogP contribution in [-0.2, 0) is 11.3 Å². The molecule has 158 valence electrons. The average molecular weight is 415 g/mol. The van der Waals surface area contributed by atoms with Crippen LogP contribution in [0.3, 0.4) is 0 Å². The van der Waals surface area contributed by atoms with Crippen molar-refractivity contribution in [1.29, 1.82) is 0 Å². The second-order valence-electron chi connectivity index (χ2n) is 8.51. The summed E-state index contributed by atoms with van der Waals surface area (Å²) < 4.78 is 5.88. The van der Waals surface area contributed by atoms with Gasteiger partial charge in [0.15, 0.2) is 5.78 Å². The summed E-state index contributed by atoms with van der Waals surface area (Å²) in [6.45, 7) is 12.5. The molecule has 29 heavy (non-hydrogen) atoms. The predicted molar refractivity (Wildman–Crippen MR) is 122 cm³/mol. The van der Waals surface area contributed by atoms with Gasteiger partial charge < -0.3 is 9.84 Å². The zero-order valence-corrected chi connectivity index (χ0v) is 19.5. The van der Waals surface area contributed by atoms with Crippen LogP contribution >= 0.6 is 11.8 Å². The fraction of sp³-hybridized carbons (Fsp3) is 0.480. The van der Waals surface area contributed by atoms with E-state index in [0.29, 0.717) is 6.61 Å². The van der Waals surface area contributed by atoms with E-state index in [2.05, 4.69) is 32.9 Å². The Morgan fingerprint density at radius 1 is 1.10 bits per heavy atom. The van der Waals surface area contributed by atoms with Crippen LogP contribution in [0.5, 0.6) is 0 Å². The highest BCUT2D eigenvalue weighted by Crippen LogP contribution is 2.31. The van der Waals surface area contributed by atoms with E-state index in [1.54, 1.807) is 11.8 Å². The van der Waals surface area contributed by atoms with E-state index in [9.17, 15) is 9.90 Å². The minimum atomic E-state index is -0.558. The van der Waals surface area contributed by atoms with Gasteiger partial charge in [-0.1, -0.05) is 38.1 Å². The second-order valence-corrected chi connectivity index (χ2v) is 9.39. The van der Waals surface area contributed by atoms with Gasteiger partial charge >= 0.3 is 0 Å². The number of Topliss-reactive ketones (excluding diaryl/α,β-unsaturated/α-hetero) is 1. The summed E-state index contributed by atoms with van der Waals surface area (Å²) in [4.78, 5) is 14.2. The van der Waals surface area contributed by atoms with Gasteiger partial charge in [0.1, 0.15) is 0 Å². The lowest BCUT2D eigenvalue weighted by Crippen LogP contribution is -2.29. The molecule has 3 nitrogen and oxygen atoms in total. The van der Waals surface area contributed by atoms with Gasteiger partial charge in [-0.3, -0.25) is 4.79 Å². The Morgan fingerprint density at radius 2 is 1.66 bits per heavy atom. The summed E-state index contributed by atoms with van der Waals surface area (Å²) in [6, 6.07) is 12.2. The van der Waals surface area contributed by atoms with Gasteiger partial charge in [0.05, 0.1) is 18.8 Å². The van der Waals surface area contributed by atoms with E-state index in [1.807, 2.05) is 51.3 Å². The number of rotatable bonds is 9. The first kappa shape index (κ1) is 23.7. The topological polar surface area (TPSA) is 46.5 Å². The van der Waals surface area contributed by atoms with E-state index >= 15 is 0 Å². The Bertz CT molecular complexity index is 817. The molecule has 0 saturated heterocycles. The number of aliphatic hydroxyl groups is 1. The van der Waals surface area contributed by atoms with Crippen molar-refractivity contribution in [3.63, 3.8) is 0 Å². The first-order valence-corrected chi connectivity index (χ1v) is 11.3. The maximum atomic E-state index is 13.0. The highest BCUT2D eigenvalue weighted by molar-refractivity contribution is 7.98. The molecule has 0 aliphatic carbocycles. The smallest absolute Gasteiger partial charge is 0.166 e. The first-order chi connectivity index (χ1) is 13.6. The van der Waals surface area contributed by atoms with Crippen LogP contribution in [0.1, 0.15) is 66.2 Å². The zero-order valence-electron chi connectivity index (χ0n) is 18.7. The number of ether oxygens (including phenoxy) is 1. The Labute approximate surface area is 179 Å². The molecule has 0 amide bonds. The molecule has 4 heteroatoms. The molecule has 0 heterocycles. The molecule has 0 aromatic heterocycles. The predicted octanol–water partition coefficient (Wildman–Crippen LogP) is 5.94. The average Bonchev–Trinajstić information content (AvgIpc) is 2.71. The quantitative estimate of drug-likeness (QED) is 0.408. The number of aryl methyl sites for hydroxylation is 2. The first-order valence-electron chi connectivity index (χ1n) is 10.1. The molecule has 0 spiro atoms.